The molecule has 3 N–H and O–H groups in total. The molecule has 6 nitrogen and oxygen atoms in total. The Morgan fingerprint density at radius 3 is 2.39 bits per heavy atom. The predicted octanol–water partition coefficient (Wildman–Crippen LogP) is 4.71. The van der Waals surface area contributed by atoms with E-state index in [4.69, 9.17) is 4.42 Å². The van der Waals surface area contributed by atoms with E-state index in [0.29, 0.717) is 17.3 Å². The van der Waals surface area contributed by atoms with Crippen LogP contribution in [0.2, 0.25) is 0 Å². The molecule has 1 heterocycles. The highest BCUT2D eigenvalue weighted by Crippen LogP contribution is 2.23. The Bertz CT molecular complexity index is 949. The van der Waals surface area contributed by atoms with E-state index >= 15 is 0 Å². The summed E-state index contributed by atoms with van der Waals surface area (Å²) in [6.07, 6.45) is 1.44. The molecule has 28 heavy (non-hydrogen) atoms. The Labute approximate surface area is 164 Å². The van der Waals surface area contributed by atoms with E-state index in [1.807, 2.05) is 18.2 Å². The van der Waals surface area contributed by atoms with Gasteiger partial charge in [0.1, 0.15) is 0 Å². The molecule has 0 saturated carbocycles. The molecule has 0 unspecified atom stereocenters. The maximum atomic E-state index is 12.3. The summed E-state index contributed by atoms with van der Waals surface area (Å²) in [6, 6.07) is 18.1. The number of hydrogen-bond acceptors (Lipinski definition) is 4. The Balaban J connectivity index is 1.58. The van der Waals surface area contributed by atoms with Gasteiger partial charge in [-0.25, -0.2) is 0 Å². The van der Waals surface area contributed by atoms with Gasteiger partial charge in [0.2, 0.25) is 5.91 Å². The van der Waals surface area contributed by atoms with Crippen LogP contribution >= 0.6 is 0 Å². The average Bonchev–Trinajstić information content (AvgIpc) is 3.22. The van der Waals surface area contributed by atoms with Crippen LogP contribution in [-0.4, -0.2) is 18.4 Å². The highest BCUT2D eigenvalue weighted by Gasteiger charge is 2.10. The smallest absolute Gasteiger partial charge is 0.291 e. The second-order valence-electron chi connectivity index (χ2n) is 6.66. The number of hydrogen-bond donors (Lipinski definition) is 3. The molecule has 0 spiro atoms. The minimum absolute atomic E-state index is 0.146. The number of benzene rings is 2. The van der Waals surface area contributed by atoms with E-state index in [9.17, 15) is 9.59 Å². The molecule has 0 aliphatic heterocycles. The van der Waals surface area contributed by atoms with Crippen molar-refractivity contribution in [3.63, 3.8) is 0 Å². The van der Waals surface area contributed by atoms with Crippen molar-refractivity contribution in [3.8, 4) is 0 Å². The van der Waals surface area contributed by atoms with Gasteiger partial charge >= 0.3 is 0 Å². The first-order valence-electron chi connectivity index (χ1n) is 9.10. The van der Waals surface area contributed by atoms with Gasteiger partial charge in [-0.2, -0.15) is 0 Å². The molecule has 144 valence electrons. The summed E-state index contributed by atoms with van der Waals surface area (Å²) in [4.78, 5) is 24.4. The van der Waals surface area contributed by atoms with E-state index in [2.05, 4.69) is 35.9 Å². The molecule has 3 aromatic rings. The maximum absolute atomic E-state index is 12.3. The first-order valence-corrected chi connectivity index (χ1v) is 9.10. The molecular weight excluding hydrogens is 354 g/mol. The van der Waals surface area contributed by atoms with Gasteiger partial charge in [0.25, 0.3) is 5.91 Å². The number of nitrogens with one attached hydrogen (secondary N) is 3. The van der Waals surface area contributed by atoms with Crippen molar-refractivity contribution in [2.75, 3.05) is 22.5 Å². The van der Waals surface area contributed by atoms with E-state index in [1.165, 1.54) is 6.26 Å². The second-order valence-corrected chi connectivity index (χ2v) is 6.66. The van der Waals surface area contributed by atoms with Crippen molar-refractivity contribution in [2.24, 2.45) is 0 Å². The lowest BCUT2D eigenvalue weighted by Crippen LogP contribution is -2.22. The first kappa shape index (κ1) is 19.2. The van der Waals surface area contributed by atoms with Gasteiger partial charge in [-0.05, 0) is 47.9 Å². The summed E-state index contributed by atoms with van der Waals surface area (Å²) < 4.78 is 5.07. The van der Waals surface area contributed by atoms with Crippen molar-refractivity contribution in [3.05, 3.63) is 78.3 Å². The van der Waals surface area contributed by atoms with Gasteiger partial charge in [0.05, 0.1) is 12.8 Å². The lowest BCUT2D eigenvalue weighted by atomic mass is 10.0. The van der Waals surface area contributed by atoms with Crippen molar-refractivity contribution in [1.29, 1.82) is 0 Å². The molecule has 6 heteroatoms. The fraction of sp³-hybridized carbons (Fsp3) is 0.182. The molecule has 0 atom stereocenters. The van der Waals surface area contributed by atoms with Crippen LogP contribution in [0.1, 0.15) is 35.9 Å². The van der Waals surface area contributed by atoms with Crippen LogP contribution in [0.5, 0.6) is 0 Å². The van der Waals surface area contributed by atoms with Crippen LogP contribution in [0.4, 0.5) is 17.1 Å². The summed E-state index contributed by atoms with van der Waals surface area (Å²) >= 11 is 0. The zero-order valence-corrected chi connectivity index (χ0v) is 15.9. The zero-order chi connectivity index (χ0) is 19.9. The fourth-order valence-corrected chi connectivity index (χ4v) is 2.82. The Kier molecular flexibility index (Phi) is 6.11. The van der Waals surface area contributed by atoms with Crippen LogP contribution in [0.3, 0.4) is 0 Å². The van der Waals surface area contributed by atoms with Gasteiger partial charge in [-0.3, -0.25) is 9.59 Å². The van der Waals surface area contributed by atoms with Crippen molar-refractivity contribution >= 4 is 28.9 Å². The van der Waals surface area contributed by atoms with E-state index in [-0.39, 0.29) is 24.1 Å². The monoisotopic (exact) mass is 377 g/mol. The molecule has 3 rings (SSSR count). The average molecular weight is 377 g/mol. The molecule has 0 bridgehead atoms. The van der Waals surface area contributed by atoms with Crippen molar-refractivity contribution in [2.45, 2.75) is 19.8 Å². The summed E-state index contributed by atoms with van der Waals surface area (Å²) in [6.45, 7) is 4.37. The van der Waals surface area contributed by atoms with E-state index < -0.39 is 0 Å². The van der Waals surface area contributed by atoms with E-state index in [1.54, 1.807) is 36.4 Å². The lowest BCUT2D eigenvalue weighted by molar-refractivity contribution is -0.114. The molecule has 2 aromatic carbocycles. The third-order valence-corrected chi connectivity index (χ3v) is 4.17. The number of para-hydroxylation sites is 1. The third kappa shape index (κ3) is 5.01. The number of rotatable bonds is 7. The zero-order valence-electron chi connectivity index (χ0n) is 15.9. The van der Waals surface area contributed by atoms with Crippen LogP contribution in [0.25, 0.3) is 0 Å². The summed E-state index contributed by atoms with van der Waals surface area (Å²) in [5.74, 6) is 0.0668. The summed E-state index contributed by atoms with van der Waals surface area (Å²) in [5.41, 5.74) is 3.28. The fourth-order valence-electron chi connectivity index (χ4n) is 2.82. The summed E-state index contributed by atoms with van der Waals surface area (Å²) in [7, 11) is 0. The van der Waals surface area contributed by atoms with Gasteiger partial charge in [0.15, 0.2) is 5.76 Å². The first-order chi connectivity index (χ1) is 13.5. The van der Waals surface area contributed by atoms with Gasteiger partial charge < -0.3 is 20.4 Å². The molecule has 2 amide bonds. The molecule has 0 radical (unpaired) electrons. The normalized spacial score (nSPS) is 10.5. The van der Waals surface area contributed by atoms with Crippen molar-refractivity contribution in [1.82, 2.24) is 0 Å². The number of amides is 2. The quantitative estimate of drug-likeness (QED) is 0.557. The minimum atomic E-state index is -0.347. The summed E-state index contributed by atoms with van der Waals surface area (Å²) in [5, 5.41) is 8.76. The Morgan fingerprint density at radius 2 is 1.68 bits per heavy atom. The number of anilines is 3. The second kappa shape index (κ2) is 8.90. The molecule has 0 aliphatic rings. The van der Waals surface area contributed by atoms with Crippen LogP contribution in [0.15, 0.2) is 71.3 Å². The lowest BCUT2D eigenvalue weighted by Gasteiger charge is -2.14. The topological polar surface area (TPSA) is 83.4 Å². The van der Waals surface area contributed by atoms with Gasteiger partial charge in [-0.15, -0.1) is 0 Å². The Hall–Kier alpha value is -3.54. The standard InChI is InChI=1S/C22H23N3O3/c1-15(2)18-9-3-4-10-19(18)23-14-21(26)24-16-7-5-8-17(13-16)25-22(27)20-11-6-12-28-20/h3-13,15,23H,14H2,1-2H3,(H,24,26)(H,25,27). The molecule has 1 aromatic heterocycles. The van der Waals surface area contributed by atoms with Crippen LogP contribution in [-0.2, 0) is 4.79 Å². The molecule has 0 fully saturated rings. The number of carbonyl (C=O) groups excluding carboxylic acids is 2. The molecular formula is C22H23N3O3. The van der Waals surface area contributed by atoms with E-state index in [0.717, 1.165) is 11.3 Å². The largest absolute Gasteiger partial charge is 0.459 e. The SMILES string of the molecule is CC(C)c1ccccc1NCC(=O)Nc1cccc(NC(=O)c2ccco2)c1. The predicted molar refractivity (Wildman–Crippen MR) is 111 cm³/mol. The van der Waals surface area contributed by atoms with Crippen LogP contribution < -0.4 is 16.0 Å². The molecule has 0 saturated heterocycles. The number of furan rings is 1. The Morgan fingerprint density at radius 1 is 0.929 bits per heavy atom. The van der Waals surface area contributed by atoms with Crippen LogP contribution in [0, 0.1) is 0 Å². The van der Waals surface area contributed by atoms with Crippen molar-refractivity contribution < 1.29 is 14.0 Å². The highest BCUT2D eigenvalue weighted by atomic mass is 16.3. The minimum Gasteiger partial charge on any atom is -0.459 e. The number of carbonyl (C=O) groups is 2. The maximum Gasteiger partial charge on any atom is 0.291 e. The van der Waals surface area contributed by atoms with Gasteiger partial charge in [0, 0.05) is 17.1 Å². The third-order valence-electron chi connectivity index (χ3n) is 4.17. The van der Waals surface area contributed by atoms with Gasteiger partial charge in [-0.1, -0.05) is 38.1 Å². The molecule has 0 aliphatic carbocycles. The highest BCUT2D eigenvalue weighted by molar-refractivity contribution is 6.02.